The van der Waals surface area contributed by atoms with Gasteiger partial charge in [-0.05, 0) is 37.3 Å². The van der Waals surface area contributed by atoms with Gasteiger partial charge in [-0.2, -0.15) is 5.10 Å². The molecule has 0 radical (unpaired) electrons. The van der Waals surface area contributed by atoms with Crippen LogP contribution in [-0.2, 0) is 0 Å². The quantitative estimate of drug-likeness (QED) is 0.379. The van der Waals surface area contributed by atoms with Crippen molar-refractivity contribution >= 4 is 39.9 Å². The van der Waals surface area contributed by atoms with E-state index in [0.717, 1.165) is 10.9 Å². The lowest BCUT2D eigenvalue weighted by Crippen LogP contribution is -2.69. The zero-order valence-corrected chi connectivity index (χ0v) is 19.2. The minimum Gasteiger partial charge on any atom is -0.486 e. The van der Waals surface area contributed by atoms with E-state index in [1.807, 2.05) is 42.2 Å². The van der Waals surface area contributed by atoms with Gasteiger partial charge in [-0.3, -0.25) is 10.1 Å². The number of ether oxygens (including phenoxy) is 1. The predicted octanol–water partition coefficient (Wildman–Crippen LogP) is 3.37. The van der Waals surface area contributed by atoms with Crippen molar-refractivity contribution in [1.82, 2.24) is 25.4 Å². The van der Waals surface area contributed by atoms with E-state index in [1.165, 1.54) is 0 Å². The summed E-state index contributed by atoms with van der Waals surface area (Å²) in [6, 6.07) is 9.36. The molecule has 9 nitrogen and oxygen atoms in total. The van der Waals surface area contributed by atoms with E-state index >= 15 is 0 Å². The van der Waals surface area contributed by atoms with E-state index in [1.54, 1.807) is 12.4 Å². The van der Waals surface area contributed by atoms with Crippen molar-refractivity contribution in [2.75, 3.05) is 24.6 Å². The van der Waals surface area contributed by atoms with Crippen molar-refractivity contribution in [2.24, 2.45) is 5.73 Å². The van der Waals surface area contributed by atoms with Crippen LogP contribution in [0, 0.1) is 0 Å². The topological polar surface area (TPSA) is 126 Å². The number of benzene rings is 1. The van der Waals surface area contributed by atoms with Crippen LogP contribution >= 0.6 is 23.2 Å². The summed E-state index contributed by atoms with van der Waals surface area (Å²) < 4.78 is 6.12. The summed E-state index contributed by atoms with van der Waals surface area (Å²) >= 11 is 12.5. The molecule has 0 aliphatic carbocycles. The molecular weight excluding hydrogens is 465 g/mol. The zero-order chi connectivity index (χ0) is 23.2. The summed E-state index contributed by atoms with van der Waals surface area (Å²) in [5.41, 5.74) is 8.25. The van der Waals surface area contributed by atoms with Crippen molar-refractivity contribution < 1.29 is 9.84 Å². The summed E-state index contributed by atoms with van der Waals surface area (Å²) in [5, 5.41) is 27.2. The molecule has 1 fully saturated rings. The van der Waals surface area contributed by atoms with Gasteiger partial charge >= 0.3 is 0 Å². The molecule has 5 rings (SSSR count). The van der Waals surface area contributed by atoms with Crippen LogP contribution < -0.4 is 15.4 Å². The van der Waals surface area contributed by atoms with Crippen molar-refractivity contribution in [2.45, 2.75) is 18.6 Å². The van der Waals surface area contributed by atoms with Gasteiger partial charge < -0.3 is 20.5 Å². The van der Waals surface area contributed by atoms with Gasteiger partial charge in [-0.15, -0.1) is 10.2 Å². The number of nitrogens with one attached hydrogen (secondary N) is 1. The minimum absolute atomic E-state index is 0.0587. The number of nitrogens with two attached hydrogens (primary N) is 1. The third-order valence-corrected chi connectivity index (χ3v) is 6.29. The molecule has 4 N–H and O–H groups in total. The summed E-state index contributed by atoms with van der Waals surface area (Å²) in [6.07, 6.45) is 2.70. The molecule has 33 heavy (non-hydrogen) atoms. The summed E-state index contributed by atoms with van der Waals surface area (Å²) in [4.78, 5) is 5.96. The first-order chi connectivity index (χ1) is 15.9. The number of rotatable bonds is 6. The average molecular weight is 486 g/mol. The molecule has 1 atom stereocenters. The molecule has 4 aromatic rings. The molecular formula is C22H21Cl2N7O2. The molecule has 0 amide bonds. The molecule has 0 bridgehead atoms. The molecule has 11 heteroatoms. The van der Waals surface area contributed by atoms with Gasteiger partial charge in [0, 0.05) is 36.4 Å². The van der Waals surface area contributed by atoms with Crippen LogP contribution in [0.5, 0.6) is 5.75 Å². The molecule has 0 spiro atoms. The number of hydrogen-bond acceptors (Lipinski definition) is 8. The number of aromatic nitrogens is 5. The number of aliphatic hydroxyl groups is 1. The van der Waals surface area contributed by atoms with Crippen molar-refractivity contribution in [1.29, 1.82) is 0 Å². The van der Waals surface area contributed by atoms with Gasteiger partial charge in [0.1, 0.15) is 23.2 Å². The zero-order valence-electron chi connectivity index (χ0n) is 17.7. The molecule has 3 aromatic heterocycles. The number of aromatic amines is 1. The third kappa shape index (κ3) is 4.08. The molecule has 1 aliphatic heterocycles. The van der Waals surface area contributed by atoms with Crippen molar-refractivity contribution in [3.63, 3.8) is 0 Å². The monoisotopic (exact) mass is 485 g/mol. The normalized spacial score (nSPS) is 16.0. The van der Waals surface area contributed by atoms with E-state index in [4.69, 9.17) is 33.7 Å². The Balaban J connectivity index is 1.39. The van der Waals surface area contributed by atoms with Gasteiger partial charge in [0.15, 0.2) is 5.82 Å². The standard InChI is InChI=1S/C22H21Cl2N7O2/c1-12(20-15(23)7-26-8-16(20)24)33-13-2-3-17-14(6-13)21(30-27-17)18-4-5-19(29-28-18)31-9-22(25,10-31)11-32/h2-8,12,32H,9-11,25H2,1H3,(H,27,30)/t12-/m1/s1. The fraction of sp³-hybridized carbons (Fsp3) is 0.273. The average Bonchev–Trinajstić information content (AvgIpc) is 3.20. The van der Waals surface area contributed by atoms with E-state index in [-0.39, 0.29) is 12.7 Å². The highest BCUT2D eigenvalue weighted by molar-refractivity contribution is 6.35. The highest BCUT2D eigenvalue weighted by Gasteiger charge is 2.39. The maximum absolute atomic E-state index is 9.32. The van der Waals surface area contributed by atoms with Gasteiger partial charge in [-0.25, -0.2) is 0 Å². The molecule has 1 saturated heterocycles. The number of pyridine rings is 1. The SMILES string of the molecule is C[C@@H](Oc1ccc2[nH]nc(-c3ccc(N4CC(N)(CO)C4)nn3)c2c1)c1c(Cl)cncc1Cl. The lowest BCUT2D eigenvalue weighted by atomic mass is 9.92. The van der Waals surface area contributed by atoms with Gasteiger partial charge in [-0.1, -0.05) is 23.2 Å². The number of halogens is 2. The van der Waals surface area contributed by atoms with Gasteiger partial charge in [0.2, 0.25) is 0 Å². The Morgan fingerprint density at radius 2 is 1.94 bits per heavy atom. The number of H-pyrrole nitrogens is 1. The minimum atomic E-state index is -0.572. The first kappa shape index (κ1) is 21.8. The Bertz CT molecular complexity index is 1290. The Morgan fingerprint density at radius 3 is 2.61 bits per heavy atom. The number of hydrogen-bond donors (Lipinski definition) is 3. The van der Waals surface area contributed by atoms with Crippen molar-refractivity contribution in [3.8, 4) is 17.1 Å². The van der Waals surface area contributed by atoms with Gasteiger partial charge in [0.05, 0.1) is 27.7 Å². The third-order valence-electron chi connectivity index (χ3n) is 5.69. The van der Waals surface area contributed by atoms with Crippen LogP contribution in [0.4, 0.5) is 5.82 Å². The van der Waals surface area contributed by atoms with Crippen LogP contribution in [0.2, 0.25) is 10.0 Å². The van der Waals surface area contributed by atoms with Crippen LogP contribution in [-0.4, -0.2) is 55.7 Å². The Morgan fingerprint density at radius 1 is 1.18 bits per heavy atom. The Labute approximate surface area is 199 Å². The molecule has 4 heterocycles. The molecule has 1 aromatic carbocycles. The molecule has 0 unspecified atom stereocenters. The van der Waals surface area contributed by atoms with Gasteiger partial charge in [0.25, 0.3) is 0 Å². The lowest BCUT2D eigenvalue weighted by Gasteiger charge is -2.46. The molecule has 0 saturated carbocycles. The Hall–Kier alpha value is -2.98. The van der Waals surface area contributed by atoms with Crippen LogP contribution in [0.25, 0.3) is 22.3 Å². The largest absolute Gasteiger partial charge is 0.486 e. The number of nitrogens with zero attached hydrogens (tertiary/aromatic N) is 5. The second kappa shape index (κ2) is 8.42. The summed E-state index contributed by atoms with van der Waals surface area (Å²) in [7, 11) is 0. The number of aliphatic hydroxyl groups excluding tert-OH is 1. The maximum atomic E-state index is 9.32. The molecule has 1 aliphatic rings. The number of fused-ring (bicyclic) bond motifs is 1. The van der Waals surface area contributed by atoms with Crippen LogP contribution in [0.15, 0.2) is 42.7 Å². The number of anilines is 1. The van der Waals surface area contributed by atoms with E-state index in [0.29, 0.717) is 51.7 Å². The fourth-order valence-electron chi connectivity index (χ4n) is 3.93. The summed E-state index contributed by atoms with van der Waals surface area (Å²) in [5.74, 6) is 1.34. The fourth-order valence-corrected chi connectivity index (χ4v) is 4.60. The van der Waals surface area contributed by atoms with E-state index in [2.05, 4.69) is 25.4 Å². The van der Waals surface area contributed by atoms with E-state index < -0.39 is 5.54 Å². The molecule has 170 valence electrons. The first-order valence-corrected chi connectivity index (χ1v) is 11.0. The smallest absolute Gasteiger partial charge is 0.151 e. The maximum Gasteiger partial charge on any atom is 0.151 e. The lowest BCUT2D eigenvalue weighted by molar-refractivity contribution is 0.166. The van der Waals surface area contributed by atoms with Crippen LogP contribution in [0.3, 0.4) is 0 Å². The first-order valence-electron chi connectivity index (χ1n) is 10.3. The van der Waals surface area contributed by atoms with Crippen molar-refractivity contribution in [3.05, 3.63) is 58.3 Å². The highest BCUT2D eigenvalue weighted by atomic mass is 35.5. The highest BCUT2D eigenvalue weighted by Crippen LogP contribution is 2.34. The Kier molecular flexibility index (Phi) is 5.57. The summed E-state index contributed by atoms with van der Waals surface area (Å²) in [6.45, 7) is 2.89. The second-order valence-corrected chi connectivity index (χ2v) is 9.02. The van der Waals surface area contributed by atoms with E-state index in [9.17, 15) is 5.11 Å². The van der Waals surface area contributed by atoms with Crippen LogP contribution in [0.1, 0.15) is 18.6 Å². The second-order valence-electron chi connectivity index (χ2n) is 8.21. The predicted molar refractivity (Wildman–Crippen MR) is 127 cm³/mol.